The van der Waals surface area contributed by atoms with E-state index >= 15 is 0 Å². The van der Waals surface area contributed by atoms with E-state index in [1.165, 1.54) is 6.07 Å². The number of benzene rings is 1. The second-order valence-electron chi connectivity index (χ2n) is 6.26. The molecule has 2 N–H and O–H groups in total. The highest BCUT2D eigenvalue weighted by molar-refractivity contribution is 6.34. The number of carboxylic acids is 2. The van der Waals surface area contributed by atoms with Gasteiger partial charge in [-0.1, -0.05) is 25.5 Å². The molecule has 1 aromatic heterocycles. The van der Waals surface area contributed by atoms with E-state index in [-0.39, 0.29) is 11.1 Å². The van der Waals surface area contributed by atoms with Gasteiger partial charge in [0.05, 0.1) is 11.1 Å². The van der Waals surface area contributed by atoms with Crippen molar-refractivity contribution < 1.29 is 24.6 Å². The van der Waals surface area contributed by atoms with Gasteiger partial charge in [0, 0.05) is 24.2 Å². The molecule has 3 rings (SSSR count). The van der Waals surface area contributed by atoms with Gasteiger partial charge in [-0.3, -0.25) is 14.3 Å². The standard InChI is InChI=1S/C18H20N2O5/c1-2-3-8-19-9-7-11-12-5-4-6-13(17(22)23)15(12)20(14(11)10-19)16(21)18(24)25/h4-6H,2-3,7-10H2,1H3,(H,22,23)(H,24,25). The Bertz CT molecular complexity index is 868. The molecule has 25 heavy (non-hydrogen) atoms. The summed E-state index contributed by atoms with van der Waals surface area (Å²) in [7, 11) is 0. The van der Waals surface area contributed by atoms with Crippen LogP contribution in [0.5, 0.6) is 0 Å². The lowest BCUT2D eigenvalue weighted by molar-refractivity contribution is -0.132. The van der Waals surface area contributed by atoms with Crippen LogP contribution in [-0.2, 0) is 17.8 Å². The van der Waals surface area contributed by atoms with Crippen LogP contribution in [-0.4, -0.2) is 50.6 Å². The van der Waals surface area contributed by atoms with Crippen molar-refractivity contribution in [2.24, 2.45) is 0 Å². The monoisotopic (exact) mass is 344 g/mol. The smallest absolute Gasteiger partial charge is 0.395 e. The third-order valence-electron chi connectivity index (χ3n) is 4.70. The minimum Gasteiger partial charge on any atom is -0.478 e. The van der Waals surface area contributed by atoms with Crippen molar-refractivity contribution in [1.82, 2.24) is 9.47 Å². The van der Waals surface area contributed by atoms with Crippen LogP contribution < -0.4 is 0 Å². The van der Waals surface area contributed by atoms with E-state index < -0.39 is 17.8 Å². The summed E-state index contributed by atoms with van der Waals surface area (Å²) in [5, 5.41) is 19.3. The van der Waals surface area contributed by atoms with Crippen LogP contribution in [0.3, 0.4) is 0 Å². The van der Waals surface area contributed by atoms with Gasteiger partial charge in [-0.25, -0.2) is 9.59 Å². The highest BCUT2D eigenvalue weighted by Gasteiger charge is 2.31. The second kappa shape index (κ2) is 6.68. The summed E-state index contributed by atoms with van der Waals surface area (Å²) < 4.78 is 1.09. The molecule has 7 nitrogen and oxygen atoms in total. The fraction of sp³-hybridized carbons (Fsp3) is 0.389. The van der Waals surface area contributed by atoms with Crippen molar-refractivity contribution in [3.63, 3.8) is 0 Å². The number of carbonyl (C=O) groups is 3. The Balaban J connectivity index is 2.23. The normalized spacial score (nSPS) is 14.4. The summed E-state index contributed by atoms with van der Waals surface area (Å²) in [5.74, 6) is -3.88. The molecule has 132 valence electrons. The predicted octanol–water partition coefficient (Wildman–Crippen LogP) is 2.22. The average Bonchev–Trinajstić information content (AvgIpc) is 2.92. The highest BCUT2D eigenvalue weighted by atomic mass is 16.4. The largest absolute Gasteiger partial charge is 0.478 e. The van der Waals surface area contributed by atoms with Gasteiger partial charge in [0.15, 0.2) is 0 Å². The van der Waals surface area contributed by atoms with Crippen molar-refractivity contribution in [2.75, 3.05) is 13.1 Å². The van der Waals surface area contributed by atoms with Gasteiger partial charge < -0.3 is 10.2 Å². The maximum atomic E-state index is 12.3. The number of aliphatic carboxylic acids is 1. The third-order valence-corrected chi connectivity index (χ3v) is 4.70. The lowest BCUT2D eigenvalue weighted by Gasteiger charge is -2.27. The van der Waals surface area contributed by atoms with Crippen LogP contribution in [0.25, 0.3) is 10.9 Å². The molecule has 2 heterocycles. The molecule has 0 aliphatic carbocycles. The van der Waals surface area contributed by atoms with Crippen LogP contribution in [0, 0.1) is 0 Å². The fourth-order valence-corrected chi connectivity index (χ4v) is 3.52. The summed E-state index contributed by atoms with van der Waals surface area (Å²) in [4.78, 5) is 37.4. The fourth-order valence-electron chi connectivity index (χ4n) is 3.52. The van der Waals surface area contributed by atoms with Crippen molar-refractivity contribution >= 4 is 28.7 Å². The third kappa shape index (κ3) is 2.91. The summed E-state index contributed by atoms with van der Waals surface area (Å²) in [6, 6.07) is 4.79. The highest BCUT2D eigenvalue weighted by Crippen LogP contribution is 2.33. The Kier molecular flexibility index (Phi) is 4.59. The Labute approximate surface area is 144 Å². The number of fused-ring (bicyclic) bond motifs is 3. The number of hydrogen-bond acceptors (Lipinski definition) is 4. The van der Waals surface area contributed by atoms with Gasteiger partial charge in [-0.05, 0) is 31.0 Å². The van der Waals surface area contributed by atoms with Gasteiger partial charge in [-0.2, -0.15) is 0 Å². The summed E-state index contributed by atoms with van der Waals surface area (Å²) in [5.41, 5.74) is 1.60. The number of aromatic carboxylic acids is 1. The first-order valence-electron chi connectivity index (χ1n) is 8.34. The van der Waals surface area contributed by atoms with Crippen molar-refractivity contribution in [1.29, 1.82) is 0 Å². The molecule has 0 saturated heterocycles. The summed E-state index contributed by atoms with van der Waals surface area (Å²) in [6.07, 6.45) is 2.73. The maximum Gasteiger partial charge on any atom is 0.395 e. The molecule has 2 aromatic rings. The van der Waals surface area contributed by atoms with E-state index in [4.69, 9.17) is 0 Å². The molecule has 1 aliphatic rings. The van der Waals surface area contributed by atoms with E-state index in [0.29, 0.717) is 24.0 Å². The van der Waals surface area contributed by atoms with E-state index in [1.807, 2.05) is 0 Å². The van der Waals surface area contributed by atoms with Crippen LogP contribution in [0.15, 0.2) is 18.2 Å². The van der Waals surface area contributed by atoms with Gasteiger partial charge in [0.25, 0.3) is 0 Å². The topological polar surface area (TPSA) is 99.8 Å². The average molecular weight is 344 g/mol. The van der Waals surface area contributed by atoms with Gasteiger partial charge in [0.2, 0.25) is 0 Å². The molecule has 1 aliphatic heterocycles. The zero-order chi connectivity index (χ0) is 18.1. The lowest BCUT2D eigenvalue weighted by Crippen LogP contribution is -2.34. The SMILES string of the molecule is CCCCN1CCc2c(n(C(=O)C(=O)O)c3c(C(=O)O)cccc23)C1. The van der Waals surface area contributed by atoms with Crippen LogP contribution in [0.2, 0.25) is 0 Å². The summed E-state index contributed by atoms with van der Waals surface area (Å²) >= 11 is 0. The lowest BCUT2D eigenvalue weighted by atomic mass is 10.0. The molecular formula is C18H20N2O5. The molecule has 0 atom stereocenters. The van der Waals surface area contributed by atoms with Crippen molar-refractivity contribution in [2.45, 2.75) is 32.7 Å². The minimum absolute atomic E-state index is 0.0541. The molecule has 0 amide bonds. The molecule has 0 fully saturated rings. The first-order chi connectivity index (χ1) is 12.0. The number of para-hydroxylation sites is 1. The number of carboxylic acid groups (broad SMARTS) is 2. The first-order valence-corrected chi connectivity index (χ1v) is 8.34. The first kappa shape index (κ1) is 17.2. The Morgan fingerprint density at radius 1 is 1.20 bits per heavy atom. The molecule has 0 bridgehead atoms. The maximum absolute atomic E-state index is 12.3. The van der Waals surface area contributed by atoms with Gasteiger partial charge >= 0.3 is 17.8 Å². The van der Waals surface area contributed by atoms with Gasteiger partial charge in [0.1, 0.15) is 0 Å². The number of rotatable bonds is 4. The number of aromatic nitrogens is 1. The Morgan fingerprint density at radius 2 is 1.96 bits per heavy atom. The number of hydrogen-bond donors (Lipinski definition) is 2. The van der Waals surface area contributed by atoms with Crippen LogP contribution in [0.4, 0.5) is 0 Å². The van der Waals surface area contributed by atoms with E-state index in [2.05, 4.69) is 11.8 Å². The molecule has 0 unspecified atom stereocenters. The zero-order valence-corrected chi connectivity index (χ0v) is 14.0. The number of nitrogens with zero attached hydrogens (tertiary/aromatic N) is 2. The van der Waals surface area contributed by atoms with Crippen LogP contribution >= 0.6 is 0 Å². The van der Waals surface area contributed by atoms with Gasteiger partial charge in [-0.15, -0.1) is 0 Å². The quantitative estimate of drug-likeness (QED) is 0.825. The molecular weight excluding hydrogens is 324 g/mol. The van der Waals surface area contributed by atoms with Crippen molar-refractivity contribution in [3.05, 3.63) is 35.0 Å². The van der Waals surface area contributed by atoms with Crippen LogP contribution in [0.1, 0.15) is 46.2 Å². The molecule has 7 heteroatoms. The zero-order valence-electron chi connectivity index (χ0n) is 14.0. The van der Waals surface area contributed by atoms with E-state index in [9.17, 15) is 24.6 Å². The Morgan fingerprint density at radius 3 is 2.60 bits per heavy atom. The number of unbranched alkanes of at least 4 members (excludes halogenated alkanes) is 1. The number of carbonyl (C=O) groups excluding carboxylic acids is 1. The molecule has 0 radical (unpaired) electrons. The molecule has 1 aromatic carbocycles. The molecule has 0 saturated carbocycles. The Hall–Kier alpha value is -2.67. The van der Waals surface area contributed by atoms with E-state index in [0.717, 1.165) is 36.1 Å². The second-order valence-corrected chi connectivity index (χ2v) is 6.26. The summed E-state index contributed by atoms with van der Waals surface area (Å²) in [6.45, 7) is 4.22. The predicted molar refractivity (Wildman–Crippen MR) is 91.0 cm³/mol. The molecule has 0 spiro atoms. The minimum atomic E-state index is -1.59. The van der Waals surface area contributed by atoms with Crippen molar-refractivity contribution in [3.8, 4) is 0 Å². The van der Waals surface area contributed by atoms with E-state index in [1.54, 1.807) is 12.1 Å².